The average Bonchev–Trinajstić information content (AvgIpc) is 3.20. The summed E-state index contributed by atoms with van der Waals surface area (Å²) < 4.78 is 14.0. The first-order valence-electron chi connectivity index (χ1n) is 12.7. The van der Waals surface area contributed by atoms with E-state index >= 15 is 0 Å². The molecule has 1 aliphatic carbocycles. The second-order valence-corrected chi connectivity index (χ2v) is 9.67. The number of rotatable bonds is 4. The van der Waals surface area contributed by atoms with Crippen LogP contribution in [0.15, 0.2) is 120 Å². The summed E-state index contributed by atoms with van der Waals surface area (Å²) in [4.78, 5) is 14.7. The zero-order valence-corrected chi connectivity index (χ0v) is 20.4. The molecule has 0 saturated carbocycles. The van der Waals surface area contributed by atoms with Gasteiger partial charge in [0.05, 0.1) is 17.4 Å². The lowest BCUT2D eigenvalue weighted by molar-refractivity contribution is 0.0843. The van der Waals surface area contributed by atoms with Crippen molar-refractivity contribution < 1.29 is 9.18 Å². The molecule has 1 spiro atoms. The van der Waals surface area contributed by atoms with Gasteiger partial charge in [-0.2, -0.15) is 5.10 Å². The van der Waals surface area contributed by atoms with Crippen LogP contribution in [0.1, 0.15) is 45.9 Å². The number of nitrogens with zero attached hydrogens (tertiary/aromatic N) is 2. The maximum Gasteiger partial charge on any atom is 0.177 e. The molecule has 0 saturated heterocycles. The van der Waals surface area contributed by atoms with Gasteiger partial charge in [-0.15, -0.1) is 0 Å². The minimum Gasteiger partial charge on any atom is -0.293 e. The van der Waals surface area contributed by atoms with E-state index in [0.29, 0.717) is 6.42 Å². The first-order valence-corrected chi connectivity index (χ1v) is 12.7. The van der Waals surface area contributed by atoms with Crippen LogP contribution in [0.3, 0.4) is 0 Å². The molecule has 0 N–H and O–H groups in total. The standard InChI is InChI=1S/C33H27FN2O/c34-27-20-18-26(19-21-27)31-33(23-9-13-25-12-7-8-16-29(25)32(33)37)30(22-17-24-10-3-1-4-11-24)35-36(31)28-14-5-2-6-15-28/h1-8,10-12,14-22,31H,9,13,23H2/b22-17+. The Morgan fingerprint density at radius 2 is 1.49 bits per heavy atom. The molecular formula is C33H27FN2O. The summed E-state index contributed by atoms with van der Waals surface area (Å²) >= 11 is 0. The van der Waals surface area contributed by atoms with Gasteiger partial charge in [-0.25, -0.2) is 4.39 Å². The van der Waals surface area contributed by atoms with Gasteiger partial charge in [0.15, 0.2) is 5.78 Å². The van der Waals surface area contributed by atoms with Gasteiger partial charge in [-0.05, 0) is 66.3 Å². The van der Waals surface area contributed by atoms with Gasteiger partial charge in [-0.1, -0.05) is 91.0 Å². The number of allylic oxidation sites excluding steroid dienone is 1. The number of para-hydroxylation sites is 1. The van der Waals surface area contributed by atoms with Crippen molar-refractivity contribution in [2.24, 2.45) is 10.5 Å². The predicted octanol–water partition coefficient (Wildman–Crippen LogP) is 7.66. The van der Waals surface area contributed by atoms with Gasteiger partial charge in [0.1, 0.15) is 11.2 Å². The van der Waals surface area contributed by atoms with Crippen molar-refractivity contribution in [3.05, 3.63) is 143 Å². The highest BCUT2D eigenvalue weighted by atomic mass is 19.1. The van der Waals surface area contributed by atoms with Gasteiger partial charge < -0.3 is 0 Å². The summed E-state index contributed by atoms with van der Waals surface area (Å²) in [5.74, 6) is -0.227. The van der Waals surface area contributed by atoms with Crippen molar-refractivity contribution in [1.82, 2.24) is 0 Å². The van der Waals surface area contributed by atoms with Crippen LogP contribution >= 0.6 is 0 Å². The van der Waals surface area contributed by atoms with Crippen molar-refractivity contribution in [3.63, 3.8) is 0 Å². The maximum atomic E-state index is 14.7. The van der Waals surface area contributed by atoms with Crippen molar-refractivity contribution in [1.29, 1.82) is 0 Å². The van der Waals surface area contributed by atoms with Crippen LogP contribution in [0.2, 0.25) is 0 Å². The minimum absolute atomic E-state index is 0.0739. The molecule has 0 aromatic heterocycles. The number of benzene rings is 4. The van der Waals surface area contributed by atoms with Crippen molar-refractivity contribution in [2.45, 2.75) is 25.3 Å². The van der Waals surface area contributed by atoms with E-state index in [2.05, 4.69) is 6.07 Å². The Balaban J connectivity index is 1.59. The lowest BCUT2D eigenvalue weighted by Gasteiger charge is -2.37. The number of Topliss-reactive ketones (excluding diaryl/α,β-unsaturated/α-hetero) is 1. The summed E-state index contributed by atoms with van der Waals surface area (Å²) in [5, 5.41) is 7.11. The highest BCUT2D eigenvalue weighted by Crippen LogP contribution is 2.53. The van der Waals surface area contributed by atoms with Crippen LogP contribution in [0.25, 0.3) is 6.08 Å². The number of fused-ring (bicyclic) bond motifs is 1. The highest BCUT2D eigenvalue weighted by Gasteiger charge is 2.57. The van der Waals surface area contributed by atoms with Crippen LogP contribution in [0.5, 0.6) is 0 Å². The van der Waals surface area contributed by atoms with Gasteiger partial charge in [-0.3, -0.25) is 9.80 Å². The van der Waals surface area contributed by atoms with Gasteiger partial charge >= 0.3 is 0 Å². The van der Waals surface area contributed by atoms with Crippen LogP contribution in [-0.2, 0) is 6.42 Å². The molecule has 2 atom stereocenters. The van der Waals surface area contributed by atoms with Crippen molar-refractivity contribution in [2.75, 3.05) is 5.01 Å². The zero-order valence-electron chi connectivity index (χ0n) is 20.4. The number of halogens is 1. The Kier molecular flexibility index (Phi) is 6.01. The molecule has 4 aromatic rings. The van der Waals surface area contributed by atoms with Crippen molar-refractivity contribution >= 4 is 23.3 Å². The Morgan fingerprint density at radius 1 is 0.811 bits per heavy atom. The lowest BCUT2D eigenvalue weighted by atomic mass is 9.67. The molecule has 2 unspecified atom stereocenters. The fourth-order valence-corrected chi connectivity index (χ4v) is 5.77. The fourth-order valence-electron chi connectivity index (χ4n) is 5.77. The second-order valence-electron chi connectivity index (χ2n) is 9.67. The van der Waals surface area contributed by atoms with Crippen molar-refractivity contribution in [3.8, 4) is 0 Å². The summed E-state index contributed by atoms with van der Waals surface area (Å²) in [6.07, 6.45) is 6.35. The van der Waals surface area contributed by atoms with E-state index in [1.165, 1.54) is 12.1 Å². The Hall–Kier alpha value is -4.31. The first-order chi connectivity index (χ1) is 18.2. The molecule has 4 aromatic carbocycles. The third-order valence-electron chi connectivity index (χ3n) is 7.51. The normalized spacial score (nSPS) is 21.2. The summed E-state index contributed by atoms with van der Waals surface area (Å²) in [6.45, 7) is 0. The van der Waals surface area contributed by atoms with E-state index < -0.39 is 11.5 Å². The Labute approximate surface area is 216 Å². The Bertz CT molecular complexity index is 1480. The number of ketones is 1. The zero-order chi connectivity index (χ0) is 25.2. The highest BCUT2D eigenvalue weighted by molar-refractivity contribution is 6.23. The molecule has 0 bridgehead atoms. The minimum atomic E-state index is -0.925. The fraction of sp³-hybridized carbons (Fsp3) is 0.152. The van der Waals surface area contributed by atoms with E-state index in [1.807, 2.05) is 96.0 Å². The van der Waals surface area contributed by atoms with Crippen LogP contribution in [0, 0.1) is 11.2 Å². The summed E-state index contributed by atoms with van der Waals surface area (Å²) in [7, 11) is 0. The van der Waals surface area contributed by atoms with E-state index in [0.717, 1.165) is 46.5 Å². The Morgan fingerprint density at radius 3 is 2.24 bits per heavy atom. The SMILES string of the molecule is O=C1c2ccccc2CCCC12C(/C=C/c1ccccc1)=NN(c1ccccc1)C2c1ccc(F)cc1. The number of hydrogen-bond acceptors (Lipinski definition) is 3. The van der Waals surface area contributed by atoms with Gasteiger partial charge in [0.25, 0.3) is 0 Å². The van der Waals surface area contributed by atoms with E-state index in [4.69, 9.17) is 5.10 Å². The summed E-state index contributed by atoms with van der Waals surface area (Å²) in [5.41, 5.74) is 4.43. The molecule has 0 radical (unpaired) electrons. The largest absolute Gasteiger partial charge is 0.293 e. The molecular weight excluding hydrogens is 459 g/mol. The van der Waals surface area contributed by atoms with E-state index in [1.54, 1.807) is 12.1 Å². The van der Waals surface area contributed by atoms with Gasteiger partial charge in [0.2, 0.25) is 0 Å². The number of carbonyl (C=O) groups is 1. The molecule has 37 heavy (non-hydrogen) atoms. The van der Waals surface area contributed by atoms with Crippen LogP contribution in [-0.4, -0.2) is 11.5 Å². The predicted molar refractivity (Wildman–Crippen MR) is 147 cm³/mol. The quantitative estimate of drug-likeness (QED) is 0.297. The number of hydrazone groups is 1. The molecule has 4 heteroatoms. The second kappa shape index (κ2) is 9.62. The molecule has 0 amide bonds. The van der Waals surface area contributed by atoms with Gasteiger partial charge in [0, 0.05) is 5.56 Å². The van der Waals surface area contributed by atoms with Crippen LogP contribution in [0.4, 0.5) is 10.1 Å². The first kappa shape index (κ1) is 23.1. The molecule has 182 valence electrons. The number of anilines is 1. The molecule has 6 rings (SSSR count). The van der Waals surface area contributed by atoms with E-state index in [9.17, 15) is 9.18 Å². The molecule has 1 aliphatic heterocycles. The molecule has 3 nitrogen and oxygen atoms in total. The number of aryl methyl sites for hydroxylation is 1. The smallest absolute Gasteiger partial charge is 0.177 e. The maximum absolute atomic E-state index is 14.7. The third kappa shape index (κ3) is 4.09. The lowest BCUT2D eigenvalue weighted by Crippen LogP contribution is -2.43. The number of carbonyl (C=O) groups excluding carboxylic acids is 1. The topological polar surface area (TPSA) is 32.7 Å². The number of hydrogen-bond donors (Lipinski definition) is 0. The molecule has 2 aliphatic rings. The molecule has 0 fully saturated rings. The molecule has 1 heterocycles. The summed E-state index contributed by atoms with van der Waals surface area (Å²) in [6, 6.07) is 34.0. The average molecular weight is 487 g/mol. The monoisotopic (exact) mass is 486 g/mol. The third-order valence-corrected chi connectivity index (χ3v) is 7.51. The van der Waals surface area contributed by atoms with E-state index in [-0.39, 0.29) is 11.6 Å². The van der Waals surface area contributed by atoms with Crippen LogP contribution < -0.4 is 5.01 Å².